The van der Waals surface area contributed by atoms with E-state index in [1.54, 1.807) is 18.2 Å². The summed E-state index contributed by atoms with van der Waals surface area (Å²) in [5.74, 6) is 0. The molecular weight excluding hydrogens is 838 g/mol. The number of hydrogen-bond donors (Lipinski definition) is 0. The Bertz CT molecular complexity index is 900. The first kappa shape index (κ1) is 33.6. The van der Waals surface area contributed by atoms with E-state index in [2.05, 4.69) is 0 Å². The fourth-order valence-corrected chi connectivity index (χ4v) is 3.44. The molecule has 0 aromatic heterocycles. The molecule has 0 saturated heterocycles. The normalized spacial score (nSPS) is 10.7. The summed E-state index contributed by atoms with van der Waals surface area (Å²) in [6, 6.07) is 21.7. The van der Waals surface area contributed by atoms with Crippen LogP contribution in [0, 0.1) is 0 Å². The molecule has 3 aromatic carbocycles. The van der Waals surface area contributed by atoms with Crippen LogP contribution in [-0.2, 0) is 53.9 Å². The molecule has 3 rings (SSSR count). The predicted octanol–water partition coefficient (Wildman–Crippen LogP) is -2.33. The zero-order valence-corrected chi connectivity index (χ0v) is 23.3. The SMILES string of the molecule is O=P([O-])([O-])c1ccccc1.O=P([O-])([O-])c1ccccc1.O=P([O-])([O-])c1ccccc1.[Ir+3].[Ir+3]. The number of benzene rings is 3. The Morgan fingerprint density at radius 3 is 0.625 bits per heavy atom. The molecule has 0 N–H and O–H groups in total. The molecule has 0 aliphatic heterocycles. The van der Waals surface area contributed by atoms with Gasteiger partial charge in [-0.25, -0.2) is 0 Å². The smallest absolute Gasteiger partial charge is 0.807 e. The van der Waals surface area contributed by atoms with Crippen LogP contribution in [0.15, 0.2) is 91.0 Å². The monoisotopic (exact) mass is 854 g/mol. The maximum atomic E-state index is 10.3. The molecule has 0 spiro atoms. The van der Waals surface area contributed by atoms with E-state index in [4.69, 9.17) is 0 Å². The van der Waals surface area contributed by atoms with E-state index in [9.17, 15) is 43.1 Å². The van der Waals surface area contributed by atoms with Crippen LogP contribution in [-0.4, -0.2) is 0 Å². The molecule has 0 atom stereocenters. The van der Waals surface area contributed by atoms with Gasteiger partial charge in [0.05, 0.1) is 0 Å². The average Bonchev–Trinajstić information content (AvgIpc) is 2.69. The summed E-state index contributed by atoms with van der Waals surface area (Å²) in [5, 5.41) is -0.472. The quantitative estimate of drug-likeness (QED) is 0.261. The second kappa shape index (κ2) is 15.3. The van der Waals surface area contributed by atoms with Crippen LogP contribution < -0.4 is 45.3 Å². The first-order chi connectivity index (χ1) is 13.8. The molecule has 0 saturated carbocycles. The van der Waals surface area contributed by atoms with Gasteiger partial charge in [-0.3, -0.25) is 0 Å². The van der Waals surface area contributed by atoms with Crippen molar-refractivity contribution in [3.8, 4) is 0 Å². The van der Waals surface area contributed by atoms with Crippen molar-refractivity contribution in [2.45, 2.75) is 0 Å². The molecule has 9 nitrogen and oxygen atoms in total. The first-order valence-electron chi connectivity index (χ1n) is 8.05. The fraction of sp³-hybridized carbons (Fsp3) is 0. The van der Waals surface area contributed by atoms with E-state index in [1.165, 1.54) is 72.8 Å². The maximum Gasteiger partial charge on any atom is 3.00 e. The van der Waals surface area contributed by atoms with E-state index in [1.807, 2.05) is 0 Å². The third-order valence-electron chi connectivity index (χ3n) is 3.22. The Morgan fingerprint density at radius 2 is 0.531 bits per heavy atom. The van der Waals surface area contributed by atoms with Crippen molar-refractivity contribution in [1.82, 2.24) is 0 Å². The third-order valence-corrected chi connectivity index (χ3v) is 6.01. The van der Waals surface area contributed by atoms with Crippen LogP contribution in [0.25, 0.3) is 0 Å². The Morgan fingerprint density at radius 1 is 0.375 bits per heavy atom. The molecule has 0 aliphatic rings. The van der Waals surface area contributed by atoms with E-state index in [-0.39, 0.29) is 56.1 Å². The van der Waals surface area contributed by atoms with Gasteiger partial charge >= 0.3 is 40.2 Å². The minimum absolute atomic E-state index is 0. The van der Waals surface area contributed by atoms with Gasteiger partial charge in [0.25, 0.3) is 0 Å². The van der Waals surface area contributed by atoms with Crippen molar-refractivity contribution in [1.29, 1.82) is 0 Å². The largest absolute Gasteiger partial charge is 3.00 e. The predicted molar refractivity (Wildman–Crippen MR) is 101 cm³/mol. The number of hydrogen-bond acceptors (Lipinski definition) is 9. The van der Waals surface area contributed by atoms with E-state index in [0.717, 1.165) is 0 Å². The minimum Gasteiger partial charge on any atom is -0.807 e. The van der Waals surface area contributed by atoms with Crippen molar-refractivity contribution in [3.63, 3.8) is 0 Å². The molecule has 32 heavy (non-hydrogen) atoms. The first-order valence-corrected chi connectivity index (χ1v) is 12.7. The van der Waals surface area contributed by atoms with Crippen LogP contribution in [0.1, 0.15) is 0 Å². The molecule has 174 valence electrons. The van der Waals surface area contributed by atoms with Gasteiger partial charge in [-0.05, 0) is 38.7 Å². The van der Waals surface area contributed by atoms with Gasteiger partial charge in [0, 0.05) is 0 Å². The van der Waals surface area contributed by atoms with Crippen LogP contribution in [0.2, 0.25) is 0 Å². The van der Waals surface area contributed by atoms with Gasteiger partial charge in [0.1, 0.15) is 0 Å². The van der Waals surface area contributed by atoms with Crippen LogP contribution in [0.3, 0.4) is 0 Å². The topological polar surface area (TPSA) is 190 Å². The van der Waals surface area contributed by atoms with Crippen LogP contribution in [0.5, 0.6) is 0 Å². The molecule has 0 bridgehead atoms. The van der Waals surface area contributed by atoms with E-state index < -0.39 is 22.8 Å². The molecule has 0 radical (unpaired) electrons. The van der Waals surface area contributed by atoms with E-state index >= 15 is 0 Å². The maximum absolute atomic E-state index is 10.3. The standard InChI is InChI=1S/3C6H7O3P.2Ir/c3*7-10(8,9)6-4-2-1-3-5-6;;/h3*1-5H,(H2,7,8,9);;/q;;;2*+3/p-6. The Hall–Kier alpha value is -0.591. The van der Waals surface area contributed by atoms with Crippen molar-refractivity contribution in [2.24, 2.45) is 0 Å². The zero-order valence-electron chi connectivity index (χ0n) is 15.8. The van der Waals surface area contributed by atoms with Gasteiger partial charge in [-0.2, -0.15) is 0 Å². The van der Waals surface area contributed by atoms with Crippen LogP contribution in [0.4, 0.5) is 0 Å². The van der Waals surface area contributed by atoms with Crippen molar-refractivity contribution >= 4 is 38.7 Å². The fourth-order valence-electron chi connectivity index (χ4n) is 1.83. The third kappa shape index (κ3) is 13.8. The summed E-state index contributed by atoms with van der Waals surface area (Å²) in [4.78, 5) is 61.8. The molecule has 0 fully saturated rings. The minimum atomic E-state index is -4.52. The van der Waals surface area contributed by atoms with Gasteiger partial charge in [-0.1, -0.05) is 91.0 Å². The Kier molecular flexibility index (Phi) is 16.1. The van der Waals surface area contributed by atoms with Gasteiger partial charge < -0.3 is 43.1 Å². The van der Waals surface area contributed by atoms with E-state index in [0.29, 0.717) is 0 Å². The molecule has 0 aliphatic carbocycles. The second-order valence-electron chi connectivity index (χ2n) is 5.50. The summed E-state index contributed by atoms with van der Waals surface area (Å²) in [6.07, 6.45) is 0. The summed E-state index contributed by atoms with van der Waals surface area (Å²) < 4.78 is 30.9. The van der Waals surface area contributed by atoms with Gasteiger partial charge in [-0.15, -0.1) is 0 Å². The van der Waals surface area contributed by atoms with Crippen molar-refractivity contribution < 1.29 is 83.3 Å². The average molecular weight is 853 g/mol. The number of rotatable bonds is 3. The summed E-state index contributed by atoms with van der Waals surface area (Å²) in [6.45, 7) is 0. The summed E-state index contributed by atoms with van der Waals surface area (Å²) in [7, 11) is -13.6. The van der Waals surface area contributed by atoms with Gasteiger partial charge in [0.15, 0.2) is 0 Å². The second-order valence-corrected chi connectivity index (χ2v) is 10.0. The molecule has 0 heterocycles. The van der Waals surface area contributed by atoms with Crippen molar-refractivity contribution in [3.05, 3.63) is 91.0 Å². The molecule has 3 aromatic rings. The summed E-state index contributed by atoms with van der Waals surface area (Å²) in [5.41, 5.74) is 0. The molecule has 0 unspecified atom stereocenters. The molecule has 14 heteroatoms. The molecular formula is C18H15Ir2O9P3. The van der Waals surface area contributed by atoms with Gasteiger partial charge in [0.2, 0.25) is 0 Å². The zero-order chi connectivity index (χ0) is 22.8. The van der Waals surface area contributed by atoms with Crippen molar-refractivity contribution in [2.75, 3.05) is 0 Å². The molecule has 0 amide bonds. The Labute approximate surface area is 212 Å². The van der Waals surface area contributed by atoms with Crippen LogP contribution >= 0.6 is 22.8 Å². The summed E-state index contributed by atoms with van der Waals surface area (Å²) >= 11 is 0. The Balaban J connectivity index is 0.